The molecule has 0 aliphatic carbocycles. The minimum absolute atomic E-state index is 0.321. The van der Waals surface area contributed by atoms with Crippen LogP contribution in [0.15, 0.2) is 36.8 Å². The van der Waals surface area contributed by atoms with Crippen LogP contribution in [0.2, 0.25) is 10.0 Å². The van der Waals surface area contributed by atoms with Crippen molar-refractivity contribution in [2.45, 2.75) is 6.10 Å². The van der Waals surface area contributed by atoms with E-state index in [1.54, 1.807) is 24.4 Å². The van der Waals surface area contributed by atoms with Crippen LogP contribution in [0.4, 0.5) is 17.5 Å². The van der Waals surface area contributed by atoms with E-state index in [-0.39, 0.29) is 6.10 Å². The van der Waals surface area contributed by atoms with E-state index in [2.05, 4.69) is 25.3 Å². The van der Waals surface area contributed by atoms with Gasteiger partial charge in [-0.15, -0.1) is 11.3 Å². The van der Waals surface area contributed by atoms with Crippen molar-refractivity contribution in [3.63, 3.8) is 0 Å². The molecule has 3 aromatic heterocycles. The molecule has 8 nitrogen and oxygen atoms in total. The SMILES string of the molecule is N#Cc1cc(Cl)c(-c2nc3ccnc(Nc4cc(N5CC(O)C5)ncn4)c3s2)c(Cl)c1. The lowest BCUT2D eigenvalue weighted by Crippen LogP contribution is -2.51. The molecule has 2 N–H and O–H groups in total. The number of rotatable bonds is 4. The van der Waals surface area contributed by atoms with Crippen molar-refractivity contribution in [1.82, 2.24) is 19.9 Å². The molecule has 0 bridgehead atoms. The van der Waals surface area contributed by atoms with Gasteiger partial charge in [0.05, 0.1) is 38.0 Å². The van der Waals surface area contributed by atoms with E-state index in [0.717, 1.165) is 16.0 Å². The van der Waals surface area contributed by atoms with Crippen LogP contribution in [0.5, 0.6) is 0 Å². The Bertz CT molecular complexity index is 1320. The summed E-state index contributed by atoms with van der Waals surface area (Å²) in [5.41, 5.74) is 1.70. The number of pyridine rings is 1. The molecule has 154 valence electrons. The number of thiazole rings is 1. The standard InChI is InChI=1S/C20H13Cl2N7OS/c21-12-3-10(6-23)4-13(22)17(12)20-27-14-1-2-24-19(18(14)31-20)28-15-5-16(26-9-25-15)29-7-11(30)8-29/h1-5,9,11,30H,7-8H2,(H,24,25,26,28). The number of hydrogen-bond acceptors (Lipinski definition) is 9. The Morgan fingerprint density at radius 2 is 1.94 bits per heavy atom. The molecule has 1 aromatic carbocycles. The normalized spacial score (nSPS) is 13.8. The topological polar surface area (TPSA) is 111 Å². The number of aliphatic hydroxyl groups is 1. The Morgan fingerprint density at radius 3 is 2.65 bits per heavy atom. The van der Waals surface area contributed by atoms with E-state index in [9.17, 15) is 5.11 Å². The minimum atomic E-state index is -0.321. The Balaban J connectivity index is 1.50. The molecule has 1 aliphatic heterocycles. The molecule has 31 heavy (non-hydrogen) atoms. The zero-order chi connectivity index (χ0) is 21.5. The summed E-state index contributed by atoms with van der Waals surface area (Å²) in [6.45, 7) is 1.10. The number of halogens is 2. The van der Waals surface area contributed by atoms with Crippen LogP contribution in [-0.4, -0.2) is 44.2 Å². The predicted octanol–water partition coefficient (Wildman–Crippen LogP) is 4.25. The fourth-order valence-electron chi connectivity index (χ4n) is 3.25. The summed E-state index contributed by atoms with van der Waals surface area (Å²) >= 11 is 14.2. The van der Waals surface area contributed by atoms with Gasteiger partial charge >= 0.3 is 0 Å². The summed E-state index contributed by atoms with van der Waals surface area (Å²) in [5, 5.41) is 23.2. The number of aliphatic hydroxyl groups excluding tert-OH is 1. The van der Waals surface area contributed by atoms with E-state index >= 15 is 0 Å². The number of aromatic nitrogens is 4. The van der Waals surface area contributed by atoms with Gasteiger partial charge in [0.1, 0.15) is 23.0 Å². The third-order valence-corrected chi connectivity index (χ3v) is 6.47. The van der Waals surface area contributed by atoms with Gasteiger partial charge in [0.15, 0.2) is 5.82 Å². The second-order valence-corrected chi connectivity index (χ2v) is 8.71. The summed E-state index contributed by atoms with van der Waals surface area (Å²) in [5.74, 6) is 1.90. The van der Waals surface area contributed by atoms with Crippen LogP contribution in [0.1, 0.15) is 5.56 Å². The number of benzene rings is 1. The fourth-order valence-corrected chi connectivity index (χ4v) is 5.10. The molecule has 0 radical (unpaired) electrons. The van der Waals surface area contributed by atoms with Gasteiger partial charge < -0.3 is 15.3 Å². The van der Waals surface area contributed by atoms with Gasteiger partial charge in [-0.25, -0.2) is 19.9 Å². The van der Waals surface area contributed by atoms with Gasteiger partial charge in [-0.2, -0.15) is 5.26 Å². The highest BCUT2D eigenvalue weighted by molar-refractivity contribution is 7.22. The Hall–Kier alpha value is -3.03. The summed E-state index contributed by atoms with van der Waals surface area (Å²) in [7, 11) is 0. The maximum absolute atomic E-state index is 9.52. The third-order valence-electron chi connectivity index (χ3n) is 4.77. The average molecular weight is 470 g/mol. The van der Waals surface area contributed by atoms with Gasteiger partial charge in [0.2, 0.25) is 0 Å². The predicted molar refractivity (Wildman–Crippen MR) is 121 cm³/mol. The Labute approximate surface area is 190 Å². The van der Waals surface area contributed by atoms with Gasteiger partial charge in [-0.1, -0.05) is 23.2 Å². The Kier molecular flexibility index (Phi) is 5.08. The highest BCUT2D eigenvalue weighted by Crippen LogP contribution is 2.41. The second-order valence-electron chi connectivity index (χ2n) is 6.90. The van der Waals surface area contributed by atoms with Crippen molar-refractivity contribution in [2.75, 3.05) is 23.3 Å². The van der Waals surface area contributed by atoms with Crippen LogP contribution >= 0.6 is 34.5 Å². The maximum Gasteiger partial charge on any atom is 0.151 e. The first kappa shape index (κ1) is 19.9. The summed E-state index contributed by atoms with van der Waals surface area (Å²) in [4.78, 5) is 19.6. The maximum atomic E-state index is 9.52. The van der Waals surface area contributed by atoms with Crippen molar-refractivity contribution in [2.24, 2.45) is 0 Å². The molecule has 0 atom stereocenters. The van der Waals surface area contributed by atoms with Gasteiger partial charge in [0, 0.05) is 30.9 Å². The molecule has 1 fully saturated rings. The molecule has 4 aromatic rings. The average Bonchev–Trinajstić information content (AvgIpc) is 3.16. The molecule has 4 heterocycles. The van der Waals surface area contributed by atoms with E-state index < -0.39 is 0 Å². The number of hydrogen-bond donors (Lipinski definition) is 2. The summed E-state index contributed by atoms with van der Waals surface area (Å²) < 4.78 is 0.813. The number of nitrogens with zero attached hydrogens (tertiary/aromatic N) is 6. The van der Waals surface area contributed by atoms with Crippen LogP contribution in [0.3, 0.4) is 0 Å². The molecule has 1 saturated heterocycles. The number of β-amino-alcohol motifs (C(OH)–C–C–N with tert-alkyl or cyclic N) is 1. The molecule has 0 amide bonds. The molecule has 1 aliphatic rings. The van der Waals surface area contributed by atoms with E-state index in [0.29, 0.717) is 50.9 Å². The third kappa shape index (κ3) is 3.75. The summed E-state index contributed by atoms with van der Waals surface area (Å²) in [6.07, 6.45) is 2.80. The largest absolute Gasteiger partial charge is 0.389 e. The van der Waals surface area contributed by atoms with Gasteiger partial charge in [-0.3, -0.25) is 0 Å². The van der Waals surface area contributed by atoms with E-state index in [4.69, 9.17) is 28.5 Å². The van der Waals surface area contributed by atoms with Gasteiger partial charge in [0.25, 0.3) is 0 Å². The van der Waals surface area contributed by atoms with Crippen molar-refractivity contribution in [3.8, 4) is 16.6 Å². The first-order valence-electron chi connectivity index (χ1n) is 9.19. The lowest BCUT2D eigenvalue weighted by atomic mass is 10.1. The molecule has 11 heteroatoms. The van der Waals surface area contributed by atoms with Crippen molar-refractivity contribution < 1.29 is 5.11 Å². The monoisotopic (exact) mass is 469 g/mol. The minimum Gasteiger partial charge on any atom is -0.389 e. The first-order chi connectivity index (χ1) is 15.0. The zero-order valence-electron chi connectivity index (χ0n) is 15.8. The molecule has 0 saturated carbocycles. The molecule has 0 spiro atoms. The van der Waals surface area contributed by atoms with Crippen LogP contribution in [0.25, 0.3) is 20.8 Å². The summed E-state index contributed by atoms with van der Waals surface area (Å²) in [6, 6.07) is 8.79. The van der Waals surface area contributed by atoms with Crippen molar-refractivity contribution >= 4 is 62.2 Å². The van der Waals surface area contributed by atoms with E-state index in [1.807, 2.05) is 17.0 Å². The number of anilines is 3. The van der Waals surface area contributed by atoms with Crippen LogP contribution < -0.4 is 10.2 Å². The fraction of sp³-hybridized carbons (Fsp3) is 0.150. The van der Waals surface area contributed by atoms with Crippen LogP contribution in [-0.2, 0) is 0 Å². The highest BCUT2D eigenvalue weighted by Gasteiger charge is 2.25. The molecule has 0 unspecified atom stereocenters. The van der Waals surface area contributed by atoms with Crippen molar-refractivity contribution in [3.05, 3.63) is 52.4 Å². The first-order valence-corrected chi connectivity index (χ1v) is 10.8. The number of nitrogens with one attached hydrogen (secondary N) is 1. The Morgan fingerprint density at radius 1 is 1.16 bits per heavy atom. The van der Waals surface area contributed by atoms with Gasteiger partial charge in [-0.05, 0) is 18.2 Å². The van der Waals surface area contributed by atoms with Crippen LogP contribution in [0, 0.1) is 11.3 Å². The van der Waals surface area contributed by atoms with Crippen molar-refractivity contribution in [1.29, 1.82) is 5.26 Å². The number of nitriles is 1. The highest BCUT2D eigenvalue weighted by atomic mass is 35.5. The zero-order valence-corrected chi connectivity index (χ0v) is 18.1. The second kappa shape index (κ2) is 7.90. The number of fused-ring (bicyclic) bond motifs is 1. The molecular formula is C20H13Cl2N7OS. The lowest BCUT2D eigenvalue weighted by molar-refractivity contribution is 0.141. The lowest BCUT2D eigenvalue weighted by Gasteiger charge is -2.36. The quantitative estimate of drug-likeness (QED) is 0.456. The smallest absolute Gasteiger partial charge is 0.151 e. The molecular weight excluding hydrogens is 457 g/mol. The van der Waals surface area contributed by atoms with E-state index in [1.165, 1.54) is 17.7 Å². The molecule has 5 rings (SSSR count).